The Hall–Kier alpha value is -1.39. The second-order valence-electron chi connectivity index (χ2n) is 3.96. The predicted octanol–water partition coefficient (Wildman–Crippen LogP) is 3.86. The number of benzene rings is 1. The van der Waals surface area contributed by atoms with Gasteiger partial charge in [0.15, 0.2) is 0 Å². The first-order valence-corrected chi connectivity index (χ1v) is 5.48. The lowest BCUT2D eigenvalue weighted by Gasteiger charge is -2.16. The van der Waals surface area contributed by atoms with Gasteiger partial charge in [-0.15, -0.1) is 0 Å². The highest BCUT2D eigenvalue weighted by Crippen LogP contribution is 2.35. The SMILES string of the molecule is CCCC(C)Oc1ccc(N)c(C(F)(F)F)c1. The van der Waals surface area contributed by atoms with Crippen molar-refractivity contribution in [2.24, 2.45) is 0 Å². The van der Waals surface area contributed by atoms with Crippen LogP contribution in [0.25, 0.3) is 0 Å². The molecule has 1 atom stereocenters. The molecular weight excluding hydrogens is 231 g/mol. The van der Waals surface area contributed by atoms with Gasteiger partial charge < -0.3 is 10.5 Å². The highest BCUT2D eigenvalue weighted by molar-refractivity contribution is 5.52. The summed E-state index contributed by atoms with van der Waals surface area (Å²) in [5.41, 5.74) is 4.16. The molecule has 0 aliphatic rings. The molecule has 0 heterocycles. The van der Waals surface area contributed by atoms with Crippen molar-refractivity contribution >= 4 is 5.69 Å². The fourth-order valence-corrected chi connectivity index (χ4v) is 1.55. The summed E-state index contributed by atoms with van der Waals surface area (Å²) in [7, 11) is 0. The van der Waals surface area contributed by atoms with Gasteiger partial charge in [-0.1, -0.05) is 13.3 Å². The minimum absolute atomic E-state index is 0.107. The van der Waals surface area contributed by atoms with Crippen LogP contribution in [-0.4, -0.2) is 6.10 Å². The summed E-state index contributed by atoms with van der Waals surface area (Å²) in [6, 6.07) is 3.62. The Morgan fingerprint density at radius 1 is 1.35 bits per heavy atom. The summed E-state index contributed by atoms with van der Waals surface area (Å²) in [4.78, 5) is 0. The van der Waals surface area contributed by atoms with Crippen LogP contribution in [0, 0.1) is 0 Å². The van der Waals surface area contributed by atoms with Crippen LogP contribution in [0.3, 0.4) is 0 Å². The van der Waals surface area contributed by atoms with Crippen molar-refractivity contribution in [2.45, 2.75) is 39.0 Å². The molecule has 0 bridgehead atoms. The average Bonchev–Trinajstić information content (AvgIpc) is 2.19. The largest absolute Gasteiger partial charge is 0.491 e. The standard InChI is InChI=1S/C12H16F3NO/c1-3-4-8(2)17-9-5-6-11(16)10(7-9)12(13,14)15/h5-8H,3-4,16H2,1-2H3. The van der Waals surface area contributed by atoms with Crippen LogP contribution in [0.15, 0.2) is 18.2 Å². The molecule has 1 unspecified atom stereocenters. The summed E-state index contributed by atoms with van der Waals surface area (Å²) in [6.45, 7) is 3.82. The molecule has 0 aliphatic heterocycles. The van der Waals surface area contributed by atoms with Crippen LogP contribution in [-0.2, 0) is 6.18 Å². The normalized spacial score (nSPS) is 13.5. The Bertz CT molecular complexity index is 377. The second kappa shape index (κ2) is 5.29. The number of ether oxygens (including phenoxy) is 1. The molecular formula is C12H16F3NO. The van der Waals surface area contributed by atoms with Gasteiger partial charge in [0.25, 0.3) is 0 Å². The van der Waals surface area contributed by atoms with E-state index in [4.69, 9.17) is 10.5 Å². The van der Waals surface area contributed by atoms with E-state index in [1.54, 1.807) is 0 Å². The van der Waals surface area contributed by atoms with E-state index >= 15 is 0 Å². The maximum Gasteiger partial charge on any atom is 0.418 e. The number of rotatable bonds is 4. The number of alkyl halides is 3. The van der Waals surface area contributed by atoms with Gasteiger partial charge in [0.1, 0.15) is 5.75 Å². The Labute approximate surface area is 98.6 Å². The Kier molecular flexibility index (Phi) is 4.26. The summed E-state index contributed by atoms with van der Waals surface area (Å²) in [5.74, 6) is 0.201. The van der Waals surface area contributed by atoms with Crippen LogP contribution in [0.5, 0.6) is 5.75 Å². The van der Waals surface area contributed by atoms with Crippen LogP contribution in [0.4, 0.5) is 18.9 Å². The Morgan fingerprint density at radius 2 is 2.00 bits per heavy atom. The molecule has 1 aromatic rings. The van der Waals surface area contributed by atoms with E-state index in [1.165, 1.54) is 12.1 Å². The van der Waals surface area contributed by atoms with Crippen molar-refractivity contribution in [3.05, 3.63) is 23.8 Å². The number of nitrogens with two attached hydrogens (primary N) is 1. The zero-order chi connectivity index (χ0) is 13.1. The van der Waals surface area contributed by atoms with Gasteiger partial charge in [0, 0.05) is 5.69 Å². The lowest BCUT2D eigenvalue weighted by atomic mass is 10.1. The van der Waals surface area contributed by atoms with Crippen LogP contribution < -0.4 is 10.5 Å². The lowest BCUT2D eigenvalue weighted by Crippen LogP contribution is -2.13. The number of halogens is 3. The molecule has 17 heavy (non-hydrogen) atoms. The maximum atomic E-state index is 12.6. The van der Waals surface area contributed by atoms with Crippen molar-refractivity contribution in [2.75, 3.05) is 5.73 Å². The molecule has 0 spiro atoms. The summed E-state index contributed by atoms with van der Waals surface area (Å²) >= 11 is 0. The number of hydrogen-bond acceptors (Lipinski definition) is 2. The van der Waals surface area contributed by atoms with Crippen LogP contribution in [0.2, 0.25) is 0 Å². The van der Waals surface area contributed by atoms with Gasteiger partial charge in [0.2, 0.25) is 0 Å². The van der Waals surface area contributed by atoms with Gasteiger partial charge >= 0.3 is 6.18 Å². The van der Waals surface area contributed by atoms with E-state index < -0.39 is 11.7 Å². The van der Waals surface area contributed by atoms with Crippen LogP contribution in [0.1, 0.15) is 32.3 Å². The second-order valence-corrected chi connectivity index (χ2v) is 3.96. The van der Waals surface area contributed by atoms with E-state index in [-0.39, 0.29) is 17.5 Å². The highest BCUT2D eigenvalue weighted by atomic mass is 19.4. The fourth-order valence-electron chi connectivity index (χ4n) is 1.55. The maximum absolute atomic E-state index is 12.6. The van der Waals surface area contributed by atoms with Crippen molar-refractivity contribution in [3.63, 3.8) is 0 Å². The van der Waals surface area contributed by atoms with Crippen molar-refractivity contribution in [3.8, 4) is 5.75 Å². The van der Waals surface area contributed by atoms with Gasteiger partial charge in [-0.25, -0.2) is 0 Å². The minimum Gasteiger partial charge on any atom is -0.491 e. The first kappa shape index (κ1) is 13.7. The first-order chi connectivity index (χ1) is 7.84. The smallest absolute Gasteiger partial charge is 0.418 e. The third kappa shape index (κ3) is 3.84. The quantitative estimate of drug-likeness (QED) is 0.820. The Balaban J connectivity index is 2.89. The zero-order valence-electron chi connectivity index (χ0n) is 9.84. The van der Waals surface area contributed by atoms with Gasteiger partial charge in [0.05, 0.1) is 11.7 Å². The first-order valence-electron chi connectivity index (χ1n) is 5.48. The molecule has 0 radical (unpaired) electrons. The summed E-state index contributed by atoms with van der Waals surface area (Å²) < 4.78 is 43.1. The van der Waals surface area contributed by atoms with Gasteiger partial charge in [-0.05, 0) is 31.5 Å². The molecule has 0 aliphatic carbocycles. The number of nitrogen functional groups attached to an aromatic ring is 1. The van der Waals surface area contributed by atoms with Crippen molar-refractivity contribution in [1.82, 2.24) is 0 Å². The van der Waals surface area contributed by atoms with E-state index in [9.17, 15) is 13.2 Å². The topological polar surface area (TPSA) is 35.2 Å². The van der Waals surface area contributed by atoms with E-state index in [1.807, 2.05) is 13.8 Å². The zero-order valence-corrected chi connectivity index (χ0v) is 9.84. The molecule has 2 nitrogen and oxygen atoms in total. The van der Waals surface area contributed by atoms with Gasteiger partial charge in [-0.2, -0.15) is 13.2 Å². The lowest BCUT2D eigenvalue weighted by molar-refractivity contribution is -0.137. The number of anilines is 1. The van der Waals surface area contributed by atoms with Crippen molar-refractivity contribution < 1.29 is 17.9 Å². The molecule has 1 aromatic carbocycles. The summed E-state index contributed by atoms with van der Waals surface area (Å²) in [5, 5.41) is 0. The molecule has 2 N–H and O–H groups in total. The molecule has 1 rings (SSSR count). The third-order valence-electron chi connectivity index (χ3n) is 2.36. The number of hydrogen-bond donors (Lipinski definition) is 1. The molecule has 0 saturated carbocycles. The third-order valence-corrected chi connectivity index (χ3v) is 2.36. The molecule has 0 fully saturated rings. The Morgan fingerprint density at radius 3 is 2.53 bits per heavy atom. The van der Waals surface area contributed by atoms with E-state index in [2.05, 4.69) is 0 Å². The molecule has 0 saturated heterocycles. The van der Waals surface area contributed by atoms with E-state index in [0.29, 0.717) is 0 Å². The average molecular weight is 247 g/mol. The fraction of sp³-hybridized carbons (Fsp3) is 0.500. The molecule has 0 aromatic heterocycles. The van der Waals surface area contributed by atoms with Crippen molar-refractivity contribution in [1.29, 1.82) is 0 Å². The molecule has 5 heteroatoms. The molecule has 96 valence electrons. The highest BCUT2D eigenvalue weighted by Gasteiger charge is 2.33. The van der Waals surface area contributed by atoms with E-state index in [0.717, 1.165) is 18.9 Å². The predicted molar refractivity (Wildman–Crippen MR) is 60.9 cm³/mol. The van der Waals surface area contributed by atoms with Crippen LogP contribution >= 0.6 is 0 Å². The monoisotopic (exact) mass is 247 g/mol. The molecule has 0 amide bonds. The summed E-state index contributed by atoms with van der Waals surface area (Å²) in [6.07, 6.45) is -2.84. The minimum atomic E-state index is -4.45. The van der Waals surface area contributed by atoms with Gasteiger partial charge in [-0.3, -0.25) is 0 Å².